The quantitative estimate of drug-likeness (QED) is 0.462. The van der Waals surface area contributed by atoms with Crippen LogP contribution >= 0.6 is 15.9 Å². The van der Waals surface area contributed by atoms with Gasteiger partial charge in [-0.15, -0.1) is 0 Å². The Morgan fingerprint density at radius 2 is 1.36 bits per heavy atom. The van der Waals surface area contributed by atoms with Gasteiger partial charge in [-0.25, -0.2) is 0 Å². The van der Waals surface area contributed by atoms with Crippen LogP contribution in [-0.4, -0.2) is 36.0 Å². The lowest BCUT2D eigenvalue weighted by Gasteiger charge is -2.35. The Bertz CT molecular complexity index is 73.9. The zero-order valence-electron chi connectivity index (χ0n) is 7.74. The summed E-state index contributed by atoms with van der Waals surface area (Å²) in [5.74, 6) is 0. The van der Waals surface area contributed by atoms with Crippen LogP contribution in [0, 0.1) is 0 Å². The summed E-state index contributed by atoms with van der Waals surface area (Å²) in [5, 5.41) is 1.13. The average molecular weight is 289 g/mol. The minimum Gasteiger partial charge on any atom is -1.00 e. The van der Waals surface area contributed by atoms with Crippen LogP contribution in [0.4, 0.5) is 0 Å². The molecule has 0 heterocycles. The van der Waals surface area contributed by atoms with Gasteiger partial charge in [-0.1, -0.05) is 15.9 Å². The summed E-state index contributed by atoms with van der Waals surface area (Å²) in [7, 11) is 0. The van der Waals surface area contributed by atoms with Crippen molar-refractivity contribution in [2.45, 2.75) is 20.8 Å². The van der Waals surface area contributed by atoms with E-state index in [1.807, 2.05) is 0 Å². The fraction of sp³-hybridized carbons (Fsp3) is 1.00. The van der Waals surface area contributed by atoms with Crippen LogP contribution in [0.1, 0.15) is 20.8 Å². The van der Waals surface area contributed by atoms with Crippen LogP contribution in [0.5, 0.6) is 0 Å². The first-order valence-corrected chi connectivity index (χ1v) is 5.27. The molecule has 0 atom stereocenters. The van der Waals surface area contributed by atoms with Crippen molar-refractivity contribution in [3.8, 4) is 0 Å². The van der Waals surface area contributed by atoms with Gasteiger partial charge in [0.25, 0.3) is 0 Å². The van der Waals surface area contributed by atoms with E-state index in [2.05, 4.69) is 36.7 Å². The molecule has 0 amide bonds. The first-order valence-electron chi connectivity index (χ1n) is 4.15. The molecule has 0 saturated carbocycles. The van der Waals surface area contributed by atoms with Gasteiger partial charge in [-0.2, -0.15) is 0 Å². The predicted molar refractivity (Wildman–Crippen MR) is 50.5 cm³/mol. The third-order valence-corrected chi connectivity index (χ3v) is 2.93. The molecule has 70 valence electrons. The predicted octanol–water partition coefficient (Wildman–Crippen LogP) is -0.738. The molecule has 11 heavy (non-hydrogen) atoms. The Kier molecular flexibility index (Phi) is 9.93. The molecular formula is C8H19Br2N. The van der Waals surface area contributed by atoms with Gasteiger partial charge in [0, 0.05) is 0 Å². The number of rotatable bonds is 5. The van der Waals surface area contributed by atoms with E-state index in [1.54, 1.807) is 0 Å². The SMILES string of the molecule is CC[N+](CC)(CC)CCBr.[Br-]. The second-order valence-corrected chi connectivity index (χ2v) is 3.50. The average Bonchev–Trinajstić information content (AvgIpc) is 2.01. The summed E-state index contributed by atoms with van der Waals surface area (Å²) in [6.45, 7) is 11.9. The Balaban J connectivity index is 0. The molecule has 0 aromatic carbocycles. The zero-order chi connectivity index (χ0) is 8.04. The first kappa shape index (κ1) is 14.4. The van der Waals surface area contributed by atoms with Gasteiger partial charge in [0.1, 0.15) is 0 Å². The van der Waals surface area contributed by atoms with E-state index in [1.165, 1.54) is 30.7 Å². The van der Waals surface area contributed by atoms with Crippen LogP contribution in [0.15, 0.2) is 0 Å². The molecule has 0 N–H and O–H groups in total. The van der Waals surface area contributed by atoms with Crippen molar-refractivity contribution in [3.63, 3.8) is 0 Å². The van der Waals surface area contributed by atoms with Crippen molar-refractivity contribution >= 4 is 15.9 Å². The monoisotopic (exact) mass is 287 g/mol. The highest BCUT2D eigenvalue weighted by Gasteiger charge is 2.18. The van der Waals surface area contributed by atoms with E-state index in [0.717, 1.165) is 5.33 Å². The molecule has 0 aromatic rings. The van der Waals surface area contributed by atoms with Gasteiger partial charge < -0.3 is 21.5 Å². The van der Waals surface area contributed by atoms with E-state index in [9.17, 15) is 0 Å². The number of hydrogen-bond donors (Lipinski definition) is 0. The lowest BCUT2D eigenvalue weighted by molar-refractivity contribution is -0.920. The first-order chi connectivity index (χ1) is 4.74. The molecule has 0 aliphatic heterocycles. The maximum Gasteiger partial charge on any atom is 0.0884 e. The summed E-state index contributed by atoms with van der Waals surface area (Å²) in [6.07, 6.45) is 0. The molecule has 1 nitrogen and oxygen atoms in total. The van der Waals surface area contributed by atoms with E-state index in [-0.39, 0.29) is 17.0 Å². The zero-order valence-corrected chi connectivity index (χ0v) is 10.9. The molecule has 0 aliphatic rings. The minimum absolute atomic E-state index is 0. The van der Waals surface area contributed by atoms with Gasteiger partial charge in [-0.05, 0) is 20.8 Å². The number of quaternary nitrogens is 1. The summed E-state index contributed by atoms with van der Waals surface area (Å²) in [4.78, 5) is 0. The fourth-order valence-corrected chi connectivity index (χ4v) is 2.08. The van der Waals surface area contributed by atoms with Crippen LogP contribution < -0.4 is 17.0 Å². The molecule has 0 aliphatic carbocycles. The maximum absolute atomic E-state index is 3.49. The highest BCUT2D eigenvalue weighted by molar-refractivity contribution is 9.09. The number of halogens is 2. The van der Waals surface area contributed by atoms with Crippen molar-refractivity contribution < 1.29 is 21.5 Å². The molecule has 0 fully saturated rings. The van der Waals surface area contributed by atoms with Gasteiger partial charge >= 0.3 is 0 Å². The molecule has 0 rings (SSSR count). The van der Waals surface area contributed by atoms with Crippen molar-refractivity contribution in [1.82, 2.24) is 0 Å². The number of nitrogens with zero attached hydrogens (tertiary/aromatic N) is 1. The molecule has 0 spiro atoms. The van der Waals surface area contributed by atoms with Crippen molar-refractivity contribution in [2.75, 3.05) is 31.5 Å². The lowest BCUT2D eigenvalue weighted by Crippen LogP contribution is -3.00. The standard InChI is InChI=1S/C8H19BrN.BrH/c1-4-10(5-2,6-3)8-7-9;/h4-8H2,1-3H3;1H/q+1;/p-1. The second kappa shape index (κ2) is 7.56. The van der Waals surface area contributed by atoms with Gasteiger partial charge in [0.2, 0.25) is 0 Å². The summed E-state index contributed by atoms with van der Waals surface area (Å²) < 4.78 is 1.26. The van der Waals surface area contributed by atoms with Gasteiger partial charge in [0.05, 0.1) is 31.5 Å². The largest absolute Gasteiger partial charge is 1.00 e. The highest BCUT2D eigenvalue weighted by Crippen LogP contribution is 2.05. The maximum atomic E-state index is 3.49. The van der Waals surface area contributed by atoms with Crippen molar-refractivity contribution in [1.29, 1.82) is 0 Å². The van der Waals surface area contributed by atoms with Gasteiger partial charge in [0.15, 0.2) is 0 Å². The third kappa shape index (κ3) is 4.48. The summed E-state index contributed by atoms with van der Waals surface area (Å²) in [5.41, 5.74) is 0. The molecule has 3 heteroatoms. The molecule has 0 saturated heterocycles. The molecule has 0 aromatic heterocycles. The minimum atomic E-state index is 0. The summed E-state index contributed by atoms with van der Waals surface area (Å²) >= 11 is 3.49. The fourth-order valence-electron chi connectivity index (χ4n) is 1.32. The van der Waals surface area contributed by atoms with Crippen LogP contribution in [0.3, 0.4) is 0 Å². The second-order valence-electron chi connectivity index (χ2n) is 2.70. The van der Waals surface area contributed by atoms with Crippen LogP contribution in [-0.2, 0) is 0 Å². The van der Waals surface area contributed by atoms with Crippen LogP contribution in [0.25, 0.3) is 0 Å². The normalized spacial score (nSPS) is 10.9. The molecule has 0 unspecified atom stereocenters. The van der Waals surface area contributed by atoms with E-state index < -0.39 is 0 Å². The number of alkyl halides is 1. The molecule has 0 radical (unpaired) electrons. The Morgan fingerprint density at radius 3 is 1.45 bits per heavy atom. The Morgan fingerprint density at radius 1 is 1.00 bits per heavy atom. The Labute approximate surface area is 89.6 Å². The van der Waals surface area contributed by atoms with E-state index >= 15 is 0 Å². The topological polar surface area (TPSA) is 0 Å². The smallest absolute Gasteiger partial charge is 0.0884 e. The third-order valence-electron chi connectivity index (χ3n) is 2.57. The number of hydrogen-bond acceptors (Lipinski definition) is 0. The molecule has 0 bridgehead atoms. The van der Waals surface area contributed by atoms with Crippen molar-refractivity contribution in [2.24, 2.45) is 0 Å². The molecular weight excluding hydrogens is 270 g/mol. The summed E-state index contributed by atoms with van der Waals surface area (Å²) in [6, 6.07) is 0. The van der Waals surface area contributed by atoms with Crippen LogP contribution in [0.2, 0.25) is 0 Å². The Hall–Kier alpha value is 0.920. The highest BCUT2D eigenvalue weighted by atomic mass is 79.9. The van der Waals surface area contributed by atoms with Crippen molar-refractivity contribution in [3.05, 3.63) is 0 Å². The van der Waals surface area contributed by atoms with Gasteiger partial charge in [-0.3, -0.25) is 0 Å². The van der Waals surface area contributed by atoms with E-state index in [0.29, 0.717) is 0 Å². The van der Waals surface area contributed by atoms with E-state index in [4.69, 9.17) is 0 Å². The lowest BCUT2D eigenvalue weighted by atomic mass is 10.3.